The summed E-state index contributed by atoms with van der Waals surface area (Å²) in [6, 6.07) is 15.6. The number of halogens is 1. The molecule has 0 spiro atoms. The summed E-state index contributed by atoms with van der Waals surface area (Å²) in [7, 11) is 0. The Morgan fingerprint density at radius 1 is 0.639 bits per heavy atom. The molecule has 0 fully saturated rings. The van der Waals surface area contributed by atoms with Crippen LogP contribution in [0.1, 0.15) is 78.1 Å². The van der Waals surface area contributed by atoms with E-state index in [4.69, 9.17) is 9.47 Å². The fraction of sp³-hybridized carbons (Fsp3) is 0.484. The standard InChI is InChI=1S/C31H41FN2O2/c1-3-5-7-9-10-12-28(32)24-36-30-17-13-25(14-18-30)27-22-33-31(34-23-27)26-15-19-29(20-16-26)35-21-11-8-6-4-2/h13-20,22-23,28H,3-12,21,24H2,1-2H3. The normalized spacial score (nSPS) is 11.9. The number of benzene rings is 2. The summed E-state index contributed by atoms with van der Waals surface area (Å²) in [5, 5.41) is 0. The van der Waals surface area contributed by atoms with Gasteiger partial charge in [0.25, 0.3) is 0 Å². The van der Waals surface area contributed by atoms with Crippen LogP contribution >= 0.6 is 0 Å². The molecule has 0 aliphatic heterocycles. The predicted molar refractivity (Wildman–Crippen MR) is 146 cm³/mol. The molecular weight excluding hydrogens is 451 g/mol. The molecule has 0 bridgehead atoms. The van der Waals surface area contributed by atoms with Crippen molar-refractivity contribution in [3.05, 3.63) is 60.9 Å². The Bertz CT molecular complexity index is 975. The summed E-state index contributed by atoms with van der Waals surface area (Å²) in [5.41, 5.74) is 2.87. The second kappa shape index (κ2) is 15.9. The Kier molecular flexibility index (Phi) is 12.2. The molecule has 0 radical (unpaired) electrons. The summed E-state index contributed by atoms with van der Waals surface area (Å²) >= 11 is 0. The van der Waals surface area contributed by atoms with Crippen molar-refractivity contribution in [3.8, 4) is 34.0 Å². The smallest absolute Gasteiger partial charge is 0.159 e. The zero-order valence-corrected chi connectivity index (χ0v) is 21.9. The number of rotatable bonds is 17. The van der Waals surface area contributed by atoms with Crippen molar-refractivity contribution >= 4 is 0 Å². The van der Waals surface area contributed by atoms with E-state index >= 15 is 0 Å². The molecule has 0 saturated heterocycles. The molecule has 3 aromatic rings. The van der Waals surface area contributed by atoms with Gasteiger partial charge in [0, 0.05) is 23.5 Å². The molecule has 0 N–H and O–H groups in total. The summed E-state index contributed by atoms with van der Waals surface area (Å²) in [4.78, 5) is 9.09. The molecule has 0 aliphatic carbocycles. The minimum Gasteiger partial charge on any atom is -0.494 e. The summed E-state index contributed by atoms with van der Waals surface area (Å²) in [5.74, 6) is 2.23. The van der Waals surface area contributed by atoms with E-state index in [2.05, 4.69) is 23.8 Å². The van der Waals surface area contributed by atoms with Crippen LogP contribution in [0, 0.1) is 0 Å². The molecule has 5 heteroatoms. The molecule has 2 aromatic carbocycles. The molecular formula is C31H41FN2O2. The van der Waals surface area contributed by atoms with Gasteiger partial charge in [0.15, 0.2) is 5.82 Å². The molecule has 1 atom stereocenters. The van der Waals surface area contributed by atoms with Crippen molar-refractivity contribution in [2.45, 2.75) is 84.2 Å². The first-order chi connectivity index (χ1) is 17.7. The minimum atomic E-state index is -0.918. The zero-order chi connectivity index (χ0) is 25.4. The second-order valence-corrected chi connectivity index (χ2v) is 9.36. The fourth-order valence-corrected chi connectivity index (χ4v) is 4.03. The van der Waals surface area contributed by atoms with Crippen LogP contribution in [0.2, 0.25) is 0 Å². The van der Waals surface area contributed by atoms with Crippen LogP contribution in [0.5, 0.6) is 11.5 Å². The third kappa shape index (κ3) is 9.60. The van der Waals surface area contributed by atoms with Gasteiger partial charge in [-0.25, -0.2) is 14.4 Å². The zero-order valence-electron chi connectivity index (χ0n) is 21.9. The van der Waals surface area contributed by atoms with Crippen molar-refractivity contribution < 1.29 is 13.9 Å². The van der Waals surface area contributed by atoms with Gasteiger partial charge in [-0.3, -0.25) is 0 Å². The topological polar surface area (TPSA) is 44.2 Å². The maximum Gasteiger partial charge on any atom is 0.159 e. The van der Waals surface area contributed by atoms with Crippen molar-refractivity contribution in [1.82, 2.24) is 9.97 Å². The molecule has 4 nitrogen and oxygen atoms in total. The van der Waals surface area contributed by atoms with Crippen molar-refractivity contribution in [2.75, 3.05) is 13.2 Å². The van der Waals surface area contributed by atoms with E-state index in [1.807, 2.05) is 60.9 Å². The Hall–Kier alpha value is -2.95. The quantitative estimate of drug-likeness (QED) is 0.177. The van der Waals surface area contributed by atoms with E-state index < -0.39 is 6.17 Å². The first-order valence-electron chi connectivity index (χ1n) is 13.6. The molecule has 1 aromatic heterocycles. The monoisotopic (exact) mass is 492 g/mol. The highest BCUT2D eigenvalue weighted by Crippen LogP contribution is 2.24. The molecule has 0 amide bonds. The van der Waals surface area contributed by atoms with E-state index in [-0.39, 0.29) is 6.61 Å². The lowest BCUT2D eigenvalue weighted by atomic mass is 10.1. The van der Waals surface area contributed by atoms with Gasteiger partial charge in [0.2, 0.25) is 0 Å². The van der Waals surface area contributed by atoms with E-state index in [1.165, 1.54) is 38.5 Å². The number of nitrogens with zero attached hydrogens (tertiary/aromatic N) is 2. The number of alkyl halides is 1. The summed E-state index contributed by atoms with van der Waals surface area (Å²) in [6.07, 6.45) is 13.7. The first kappa shape index (κ1) is 27.6. The lowest BCUT2D eigenvalue weighted by molar-refractivity contribution is 0.184. The maximum absolute atomic E-state index is 14.1. The number of ether oxygens (including phenoxy) is 2. The highest BCUT2D eigenvalue weighted by Gasteiger charge is 2.08. The first-order valence-corrected chi connectivity index (χ1v) is 13.6. The van der Waals surface area contributed by atoms with E-state index in [0.29, 0.717) is 18.0 Å². The van der Waals surface area contributed by atoms with Gasteiger partial charge < -0.3 is 9.47 Å². The van der Waals surface area contributed by atoms with Gasteiger partial charge in [-0.05, 0) is 54.8 Å². The van der Waals surface area contributed by atoms with Crippen molar-refractivity contribution in [1.29, 1.82) is 0 Å². The van der Waals surface area contributed by atoms with Crippen LogP contribution in [-0.2, 0) is 0 Å². The van der Waals surface area contributed by atoms with Gasteiger partial charge in [-0.2, -0.15) is 0 Å². The van der Waals surface area contributed by atoms with Crippen LogP contribution in [0.15, 0.2) is 60.9 Å². The second-order valence-electron chi connectivity index (χ2n) is 9.36. The van der Waals surface area contributed by atoms with E-state index in [1.54, 1.807) is 0 Å². The van der Waals surface area contributed by atoms with Crippen LogP contribution in [0.25, 0.3) is 22.5 Å². The van der Waals surface area contributed by atoms with Crippen LogP contribution < -0.4 is 9.47 Å². The average Bonchev–Trinajstić information content (AvgIpc) is 2.92. The molecule has 36 heavy (non-hydrogen) atoms. The van der Waals surface area contributed by atoms with Gasteiger partial charge in [0.05, 0.1) is 6.61 Å². The highest BCUT2D eigenvalue weighted by molar-refractivity contribution is 5.64. The molecule has 1 heterocycles. The predicted octanol–water partition coefficient (Wildman–Crippen LogP) is 8.85. The van der Waals surface area contributed by atoms with Crippen LogP contribution in [-0.4, -0.2) is 29.4 Å². The Morgan fingerprint density at radius 3 is 1.83 bits per heavy atom. The molecule has 0 saturated carbocycles. The molecule has 3 rings (SSSR count). The largest absolute Gasteiger partial charge is 0.494 e. The number of aromatic nitrogens is 2. The lowest BCUT2D eigenvalue weighted by Crippen LogP contribution is -2.12. The summed E-state index contributed by atoms with van der Waals surface area (Å²) in [6.45, 7) is 5.25. The van der Waals surface area contributed by atoms with E-state index in [0.717, 1.165) is 48.3 Å². The van der Waals surface area contributed by atoms with E-state index in [9.17, 15) is 4.39 Å². The summed E-state index contributed by atoms with van der Waals surface area (Å²) < 4.78 is 25.6. The average molecular weight is 493 g/mol. The molecule has 1 unspecified atom stereocenters. The van der Waals surface area contributed by atoms with Gasteiger partial charge in [-0.15, -0.1) is 0 Å². The van der Waals surface area contributed by atoms with Crippen molar-refractivity contribution in [2.24, 2.45) is 0 Å². The van der Waals surface area contributed by atoms with Gasteiger partial charge in [-0.1, -0.05) is 77.3 Å². The Labute approximate surface area is 216 Å². The fourth-order valence-electron chi connectivity index (χ4n) is 4.03. The van der Waals surface area contributed by atoms with Crippen LogP contribution in [0.4, 0.5) is 4.39 Å². The number of unbranched alkanes of at least 4 members (excludes halogenated alkanes) is 7. The molecule has 0 aliphatic rings. The molecule has 194 valence electrons. The van der Waals surface area contributed by atoms with Gasteiger partial charge >= 0.3 is 0 Å². The number of hydrogen-bond acceptors (Lipinski definition) is 4. The number of hydrogen-bond donors (Lipinski definition) is 0. The lowest BCUT2D eigenvalue weighted by Gasteiger charge is -2.11. The maximum atomic E-state index is 14.1. The SMILES string of the molecule is CCCCCCCC(F)COc1ccc(-c2cnc(-c3ccc(OCCCCCC)cc3)nc2)cc1. The highest BCUT2D eigenvalue weighted by atomic mass is 19.1. The third-order valence-corrected chi connectivity index (χ3v) is 6.27. The third-order valence-electron chi connectivity index (χ3n) is 6.27. The van der Waals surface area contributed by atoms with Crippen molar-refractivity contribution in [3.63, 3.8) is 0 Å². The Balaban J connectivity index is 1.45. The Morgan fingerprint density at radius 2 is 1.19 bits per heavy atom. The van der Waals surface area contributed by atoms with Crippen LogP contribution in [0.3, 0.4) is 0 Å². The van der Waals surface area contributed by atoms with Gasteiger partial charge in [0.1, 0.15) is 24.3 Å². The minimum absolute atomic E-state index is 0.105.